The Morgan fingerprint density at radius 2 is 2.15 bits per heavy atom. The fourth-order valence-corrected chi connectivity index (χ4v) is 2.23. The predicted molar refractivity (Wildman–Crippen MR) is 74.5 cm³/mol. The molecular weight excluding hydrogens is 262 g/mol. The van der Waals surface area contributed by atoms with Gasteiger partial charge < -0.3 is 24.6 Å². The molecule has 1 aliphatic rings. The molecule has 118 valence electrons. The van der Waals surface area contributed by atoms with Crippen LogP contribution in [0.4, 0.5) is 4.79 Å². The molecule has 1 fully saturated rings. The van der Waals surface area contributed by atoms with Gasteiger partial charge in [0.05, 0.1) is 32.4 Å². The minimum atomic E-state index is -1.09. The molecule has 0 radical (unpaired) electrons. The van der Waals surface area contributed by atoms with E-state index < -0.39 is 23.4 Å². The molecule has 1 heterocycles. The number of carbonyl (C=O) groups is 1. The van der Waals surface area contributed by atoms with Gasteiger partial charge in [0.1, 0.15) is 11.2 Å². The molecule has 1 aliphatic heterocycles. The van der Waals surface area contributed by atoms with Crippen molar-refractivity contribution in [2.45, 2.75) is 57.8 Å². The van der Waals surface area contributed by atoms with Crippen molar-refractivity contribution in [1.29, 1.82) is 0 Å². The average molecular weight is 289 g/mol. The number of aliphatic hydroxyl groups excluding tert-OH is 1. The SMILES string of the molecule is CCC[C@@]1(O)CO[C@H](CO)CN(C(=O)OC(C)(C)C)C1. The van der Waals surface area contributed by atoms with Crippen molar-refractivity contribution in [2.75, 3.05) is 26.3 Å². The Morgan fingerprint density at radius 3 is 2.65 bits per heavy atom. The van der Waals surface area contributed by atoms with Gasteiger partial charge in [-0.25, -0.2) is 4.79 Å². The smallest absolute Gasteiger partial charge is 0.410 e. The molecule has 0 aromatic heterocycles. The van der Waals surface area contributed by atoms with E-state index >= 15 is 0 Å². The van der Waals surface area contributed by atoms with Crippen LogP contribution in [0.1, 0.15) is 40.5 Å². The Labute approximate surface area is 120 Å². The lowest BCUT2D eigenvalue weighted by molar-refractivity contribution is -0.0680. The molecule has 0 saturated carbocycles. The molecule has 2 N–H and O–H groups in total. The van der Waals surface area contributed by atoms with Gasteiger partial charge in [-0.2, -0.15) is 0 Å². The zero-order valence-electron chi connectivity index (χ0n) is 12.9. The molecule has 0 aromatic carbocycles. The Hall–Kier alpha value is -0.850. The fraction of sp³-hybridized carbons (Fsp3) is 0.929. The van der Waals surface area contributed by atoms with Crippen molar-refractivity contribution in [3.63, 3.8) is 0 Å². The topological polar surface area (TPSA) is 79.2 Å². The Bertz CT molecular complexity index is 328. The van der Waals surface area contributed by atoms with Crippen LogP contribution < -0.4 is 0 Å². The summed E-state index contributed by atoms with van der Waals surface area (Å²) in [6.45, 7) is 7.64. The number of ether oxygens (including phenoxy) is 2. The molecule has 0 bridgehead atoms. The number of rotatable bonds is 3. The largest absolute Gasteiger partial charge is 0.444 e. The third kappa shape index (κ3) is 5.26. The summed E-state index contributed by atoms with van der Waals surface area (Å²) in [5.74, 6) is 0. The number of nitrogens with zero attached hydrogens (tertiary/aromatic N) is 1. The molecule has 2 atom stereocenters. The minimum absolute atomic E-state index is 0.116. The van der Waals surface area contributed by atoms with Crippen molar-refractivity contribution < 1.29 is 24.5 Å². The first kappa shape index (κ1) is 17.2. The maximum Gasteiger partial charge on any atom is 0.410 e. The van der Waals surface area contributed by atoms with Gasteiger partial charge in [0.25, 0.3) is 0 Å². The van der Waals surface area contributed by atoms with Crippen molar-refractivity contribution in [3.8, 4) is 0 Å². The van der Waals surface area contributed by atoms with Crippen molar-refractivity contribution in [3.05, 3.63) is 0 Å². The van der Waals surface area contributed by atoms with Crippen LogP contribution in [0.2, 0.25) is 0 Å². The van der Waals surface area contributed by atoms with Crippen LogP contribution in [0.25, 0.3) is 0 Å². The quantitative estimate of drug-likeness (QED) is 0.814. The molecule has 20 heavy (non-hydrogen) atoms. The summed E-state index contributed by atoms with van der Waals surface area (Å²) >= 11 is 0. The van der Waals surface area contributed by atoms with E-state index in [2.05, 4.69) is 0 Å². The van der Waals surface area contributed by atoms with Gasteiger partial charge in [-0.15, -0.1) is 0 Å². The van der Waals surface area contributed by atoms with Crippen LogP contribution in [-0.4, -0.2) is 64.8 Å². The number of aliphatic hydroxyl groups is 2. The maximum atomic E-state index is 12.2. The lowest BCUT2D eigenvalue weighted by atomic mass is 9.99. The number of hydrogen-bond donors (Lipinski definition) is 2. The Morgan fingerprint density at radius 1 is 1.50 bits per heavy atom. The normalized spacial score (nSPS) is 28.1. The van der Waals surface area contributed by atoms with E-state index in [1.54, 1.807) is 20.8 Å². The van der Waals surface area contributed by atoms with Crippen molar-refractivity contribution in [2.24, 2.45) is 0 Å². The van der Waals surface area contributed by atoms with E-state index in [0.29, 0.717) is 6.42 Å². The number of carbonyl (C=O) groups excluding carboxylic acids is 1. The summed E-state index contributed by atoms with van der Waals surface area (Å²) in [7, 11) is 0. The van der Waals surface area contributed by atoms with E-state index in [1.165, 1.54) is 4.90 Å². The Balaban J connectivity index is 2.81. The third-order valence-corrected chi connectivity index (χ3v) is 3.07. The van der Waals surface area contributed by atoms with E-state index in [4.69, 9.17) is 9.47 Å². The van der Waals surface area contributed by atoms with Crippen LogP contribution >= 0.6 is 0 Å². The van der Waals surface area contributed by atoms with E-state index in [9.17, 15) is 15.0 Å². The lowest BCUT2D eigenvalue weighted by Crippen LogP contribution is -2.48. The zero-order chi connectivity index (χ0) is 15.4. The highest BCUT2D eigenvalue weighted by molar-refractivity contribution is 5.68. The molecule has 6 nitrogen and oxygen atoms in total. The highest BCUT2D eigenvalue weighted by Gasteiger charge is 2.37. The second-order valence-electron chi connectivity index (χ2n) is 6.45. The molecule has 1 saturated heterocycles. The molecule has 6 heteroatoms. The fourth-order valence-electron chi connectivity index (χ4n) is 2.23. The third-order valence-electron chi connectivity index (χ3n) is 3.07. The minimum Gasteiger partial charge on any atom is -0.444 e. The number of hydrogen-bond acceptors (Lipinski definition) is 5. The first-order valence-electron chi connectivity index (χ1n) is 7.12. The molecule has 0 unspecified atom stereocenters. The summed E-state index contributed by atoms with van der Waals surface area (Å²) in [6, 6.07) is 0. The van der Waals surface area contributed by atoms with Crippen LogP contribution in [0.15, 0.2) is 0 Å². The van der Waals surface area contributed by atoms with Crippen molar-refractivity contribution >= 4 is 6.09 Å². The maximum absolute atomic E-state index is 12.2. The van der Waals surface area contributed by atoms with Gasteiger partial charge >= 0.3 is 6.09 Å². The molecular formula is C14H27NO5. The summed E-state index contributed by atoms with van der Waals surface area (Å²) in [5.41, 5.74) is -1.68. The first-order chi connectivity index (χ1) is 9.19. The van der Waals surface area contributed by atoms with Gasteiger partial charge in [0, 0.05) is 0 Å². The molecule has 1 amide bonds. The van der Waals surface area contributed by atoms with Crippen LogP contribution in [-0.2, 0) is 9.47 Å². The predicted octanol–water partition coefficient (Wildman–Crippen LogP) is 1.15. The summed E-state index contributed by atoms with van der Waals surface area (Å²) < 4.78 is 10.8. The molecule has 0 spiro atoms. The second-order valence-corrected chi connectivity index (χ2v) is 6.45. The van der Waals surface area contributed by atoms with E-state index in [1.807, 2.05) is 6.92 Å². The monoisotopic (exact) mass is 289 g/mol. The number of β-amino-alcohol motifs (C(OH)–C–C–N with tert-alkyl or cyclic N) is 1. The van der Waals surface area contributed by atoms with Gasteiger partial charge in [-0.3, -0.25) is 0 Å². The average Bonchev–Trinajstić information content (AvgIpc) is 2.47. The zero-order valence-corrected chi connectivity index (χ0v) is 12.9. The molecule has 1 rings (SSSR count). The van der Waals surface area contributed by atoms with Crippen molar-refractivity contribution in [1.82, 2.24) is 4.90 Å². The standard InChI is InChI=1S/C14H27NO5/c1-5-6-14(18)9-15(7-11(8-16)19-10-14)12(17)20-13(2,3)4/h11,16,18H,5-10H2,1-4H3/t11-,14-/m0/s1. The second kappa shape index (κ2) is 6.74. The lowest BCUT2D eigenvalue weighted by Gasteiger charge is -2.32. The Kier molecular flexibility index (Phi) is 5.79. The summed E-state index contributed by atoms with van der Waals surface area (Å²) in [6.07, 6.45) is 0.334. The van der Waals surface area contributed by atoms with Gasteiger partial charge in [-0.1, -0.05) is 13.3 Å². The first-order valence-corrected chi connectivity index (χ1v) is 7.12. The highest BCUT2D eigenvalue weighted by Crippen LogP contribution is 2.22. The van der Waals surface area contributed by atoms with Gasteiger partial charge in [0.2, 0.25) is 0 Å². The van der Waals surface area contributed by atoms with Crippen LogP contribution in [0, 0.1) is 0 Å². The van der Waals surface area contributed by atoms with Gasteiger partial charge in [0.15, 0.2) is 0 Å². The van der Waals surface area contributed by atoms with Crippen LogP contribution in [0.5, 0.6) is 0 Å². The van der Waals surface area contributed by atoms with Gasteiger partial charge in [-0.05, 0) is 27.2 Å². The van der Waals surface area contributed by atoms with E-state index in [-0.39, 0.29) is 26.3 Å². The number of amides is 1. The van der Waals surface area contributed by atoms with Crippen LogP contribution in [0.3, 0.4) is 0 Å². The molecule has 0 aliphatic carbocycles. The summed E-state index contributed by atoms with van der Waals surface area (Å²) in [5, 5.41) is 19.8. The summed E-state index contributed by atoms with van der Waals surface area (Å²) in [4.78, 5) is 13.6. The van der Waals surface area contributed by atoms with E-state index in [0.717, 1.165) is 6.42 Å². The molecule has 0 aromatic rings. The highest BCUT2D eigenvalue weighted by atomic mass is 16.6.